The highest BCUT2D eigenvalue weighted by atomic mass is 35.5. The summed E-state index contributed by atoms with van der Waals surface area (Å²) in [4.78, 5) is 25.6. The van der Waals surface area contributed by atoms with E-state index in [2.05, 4.69) is 50.8 Å². The van der Waals surface area contributed by atoms with Crippen molar-refractivity contribution in [2.45, 2.75) is 33.1 Å². The second-order valence-electron chi connectivity index (χ2n) is 10.5. The van der Waals surface area contributed by atoms with Gasteiger partial charge in [0.15, 0.2) is 0 Å². The molecule has 0 amide bonds. The van der Waals surface area contributed by atoms with Crippen LogP contribution in [0.1, 0.15) is 39.2 Å². The molecule has 0 unspecified atom stereocenters. The van der Waals surface area contributed by atoms with Gasteiger partial charge in [0.25, 0.3) is 0 Å². The van der Waals surface area contributed by atoms with E-state index in [0.29, 0.717) is 24.7 Å². The molecule has 3 heterocycles. The van der Waals surface area contributed by atoms with Crippen LogP contribution in [0.25, 0.3) is 10.9 Å². The van der Waals surface area contributed by atoms with Crippen molar-refractivity contribution in [3.8, 4) is 5.75 Å². The lowest BCUT2D eigenvalue weighted by Crippen LogP contribution is -2.48. The summed E-state index contributed by atoms with van der Waals surface area (Å²) in [7, 11) is 2.05. The van der Waals surface area contributed by atoms with E-state index in [1.165, 1.54) is 22.7 Å². The number of carbonyl (C=O) groups is 1. The number of anilines is 1. The van der Waals surface area contributed by atoms with Gasteiger partial charge < -0.3 is 19.3 Å². The maximum Gasteiger partial charge on any atom is 0.339 e. The van der Waals surface area contributed by atoms with E-state index < -0.39 is 5.97 Å². The number of piperazine rings is 1. The molecule has 2 aromatic heterocycles. The van der Waals surface area contributed by atoms with Crippen molar-refractivity contribution in [1.29, 1.82) is 0 Å². The Morgan fingerprint density at radius 2 is 1.80 bits per heavy atom. The zero-order chi connectivity index (χ0) is 28.2. The van der Waals surface area contributed by atoms with E-state index in [4.69, 9.17) is 21.3 Å². The molecule has 8 nitrogen and oxygen atoms in total. The zero-order valence-electron chi connectivity index (χ0n) is 23.4. The van der Waals surface area contributed by atoms with Gasteiger partial charge in [0, 0.05) is 68.1 Å². The third kappa shape index (κ3) is 6.24. The number of ether oxygens (including phenoxy) is 1. The number of hydrogen-bond acceptors (Lipinski definition) is 6. The Labute approximate surface area is 240 Å². The van der Waals surface area contributed by atoms with Crippen LogP contribution in [0.4, 0.5) is 5.95 Å². The van der Waals surface area contributed by atoms with Crippen LogP contribution in [0.3, 0.4) is 0 Å². The van der Waals surface area contributed by atoms with Gasteiger partial charge in [-0.3, -0.25) is 4.90 Å². The number of aryl methyl sites for hydroxylation is 5. The quantitative estimate of drug-likeness (QED) is 0.281. The van der Waals surface area contributed by atoms with Crippen LogP contribution in [-0.4, -0.2) is 69.8 Å². The third-order valence-corrected chi connectivity index (χ3v) is 8.26. The Balaban J connectivity index is 1.16. The highest BCUT2D eigenvalue weighted by Gasteiger charge is 2.21. The van der Waals surface area contributed by atoms with Gasteiger partial charge in [-0.2, -0.15) is 0 Å². The van der Waals surface area contributed by atoms with Crippen LogP contribution in [0.15, 0.2) is 48.8 Å². The first kappa shape index (κ1) is 27.9. The largest absolute Gasteiger partial charge is 0.492 e. The molecule has 0 radical (unpaired) electrons. The number of para-hydroxylation sites is 1. The van der Waals surface area contributed by atoms with Gasteiger partial charge >= 0.3 is 5.97 Å². The predicted molar refractivity (Wildman–Crippen MR) is 159 cm³/mol. The number of carboxylic acid groups (broad SMARTS) is 1. The van der Waals surface area contributed by atoms with Crippen molar-refractivity contribution in [3.05, 3.63) is 81.8 Å². The van der Waals surface area contributed by atoms with Gasteiger partial charge in [-0.1, -0.05) is 29.8 Å². The number of benzene rings is 2. The molecular formula is C31H36ClN5O3. The monoisotopic (exact) mass is 561 g/mol. The summed E-state index contributed by atoms with van der Waals surface area (Å²) in [5.41, 5.74) is 5.30. The molecule has 0 spiro atoms. The van der Waals surface area contributed by atoms with Crippen LogP contribution >= 0.6 is 11.6 Å². The number of rotatable bonds is 10. The lowest BCUT2D eigenvalue weighted by Gasteiger charge is -2.34. The minimum atomic E-state index is -0.984. The fourth-order valence-corrected chi connectivity index (χ4v) is 5.56. The summed E-state index contributed by atoms with van der Waals surface area (Å²) >= 11 is 6.27. The van der Waals surface area contributed by atoms with E-state index in [0.717, 1.165) is 67.5 Å². The van der Waals surface area contributed by atoms with Gasteiger partial charge in [0.1, 0.15) is 12.4 Å². The van der Waals surface area contributed by atoms with E-state index in [9.17, 15) is 9.90 Å². The van der Waals surface area contributed by atoms with Crippen molar-refractivity contribution in [2.24, 2.45) is 7.05 Å². The average Bonchev–Trinajstić information content (AvgIpc) is 3.27. The Morgan fingerprint density at radius 1 is 1.07 bits per heavy atom. The molecule has 2 aromatic carbocycles. The molecule has 40 heavy (non-hydrogen) atoms. The summed E-state index contributed by atoms with van der Waals surface area (Å²) in [5.74, 6) is 0.466. The van der Waals surface area contributed by atoms with E-state index in [-0.39, 0.29) is 5.56 Å². The fourth-order valence-electron chi connectivity index (χ4n) is 5.45. The summed E-state index contributed by atoms with van der Waals surface area (Å²) in [6.45, 7) is 8.69. The second kappa shape index (κ2) is 12.3. The van der Waals surface area contributed by atoms with E-state index in [1.807, 2.05) is 32.0 Å². The molecule has 1 aliphatic heterocycles. The number of hydrogen-bond donors (Lipinski definition) is 1. The number of nitrogens with zero attached hydrogens (tertiary/aromatic N) is 5. The maximum atomic E-state index is 11.9. The van der Waals surface area contributed by atoms with Crippen LogP contribution < -0.4 is 9.64 Å². The topological polar surface area (TPSA) is 83.7 Å². The Morgan fingerprint density at radius 3 is 2.52 bits per heavy atom. The van der Waals surface area contributed by atoms with Crippen molar-refractivity contribution >= 4 is 34.4 Å². The van der Waals surface area contributed by atoms with Gasteiger partial charge in [-0.15, -0.1) is 0 Å². The molecule has 4 aromatic rings. The zero-order valence-corrected chi connectivity index (χ0v) is 24.1. The van der Waals surface area contributed by atoms with Crippen molar-refractivity contribution in [3.63, 3.8) is 0 Å². The molecule has 0 saturated carbocycles. The minimum absolute atomic E-state index is 0.185. The molecule has 210 valence electrons. The van der Waals surface area contributed by atoms with Crippen LogP contribution in [0.5, 0.6) is 5.75 Å². The van der Waals surface area contributed by atoms with Gasteiger partial charge in [0.05, 0.1) is 11.3 Å². The Kier molecular flexibility index (Phi) is 8.57. The summed E-state index contributed by atoms with van der Waals surface area (Å²) < 4.78 is 8.13. The Bertz CT molecular complexity index is 1490. The normalized spacial score (nSPS) is 14.2. The number of carboxylic acids is 1. The standard InChI is InChI=1S/C31H36ClN5O3/c1-21-17-24(18-22(2)29(21)32)40-16-15-36-11-13-37(14-12-36)31-33-19-26(30(38)39)27(34-31)9-6-7-23-20-35(3)28-10-5-4-8-25(23)28/h4-5,8,10,17-20H,6-7,9,11-16H2,1-3H3,(H,38,39). The first-order valence-electron chi connectivity index (χ1n) is 13.8. The van der Waals surface area contributed by atoms with E-state index >= 15 is 0 Å². The number of fused-ring (bicyclic) bond motifs is 1. The highest BCUT2D eigenvalue weighted by molar-refractivity contribution is 6.32. The summed E-state index contributed by atoms with van der Waals surface area (Å²) in [5, 5.41) is 11.8. The molecule has 9 heteroatoms. The third-order valence-electron chi connectivity index (χ3n) is 7.67. The lowest BCUT2D eigenvalue weighted by atomic mass is 10.0. The average molecular weight is 562 g/mol. The predicted octanol–water partition coefficient (Wildman–Crippen LogP) is 5.31. The second-order valence-corrected chi connectivity index (χ2v) is 10.9. The molecule has 0 aliphatic carbocycles. The SMILES string of the molecule is Cc1cc(OCCN2CCN(c3ncc(C(=O)O)c(CCCc4cn(C)c5ccccc45)n3)CC2)cc(C)c1Cl. The first-order chi connectivity index (χ1) is 19.3. The molecule has 1 fully saturated rings. The van der Waals surface area contributed by atoms with Gasteiger partial charge in [-0.25, -0.2) is 14.8 Å². The van der Waals surface area contributed by atoms with E-state index in [1.54, 1.807) is 0 Å². The molecule has 0 atom stereocenters. The van der Waals surface area contributed by atoms with Crippen LogP contribution in [0.2, 0.25) is 5.02 Å². The fraction of sp³-hybridized carbons (Fsp3) is 0.387. The number of halogens is 1. The number of aromatic nitrogens is 3. The smallest absolute Gasteiger partial charge is 0.339 e. The van der Waals surface area contributed by atoms with Gasteiger partial charge in [0.2, 0.25) is 5.95 Å². The molecule has 1 saturated heterocycles. The molecule has 1 N–H and O–H groups in total. The summed E-state index contributed by atoms with van der Waals surface area (Å²) in [6, 6.07) is 12.3. The van der Waals surface area contributed by atoms with Crippen molar-refractivity contribution in [2.75, 3.05) is 44.2 Å². The first-order valence-corrected chi connectivity index (χ1v) is 14.2. The lowest BCUT2D eigenvalue weighted by molar-refractivity contribution is 0.0694. The molecule has 1 aliphatic rings. The molecular weight excluding hydrogens is 526 g/mol. The summed E-state index contributed by atoms with van der Waals surface area (Å²) in [6.07, 6.45) is 5.88. The van der Waals surface area contributed by atoms with Crippen LogP contribution in [0, 0.1) is 13.8 Å². The highest BCUT2D eigenvalue weighted by Crippen LogP contribution is 2.26. The van der Waals surface area contributed by atoms with Gasteiger partial charge in [-0.05, 0) is 68.0 Å². The maximum absolute atomic E-state index is 11.9. The van der Waals surface area contributed by atoms with Crippen molar-refractivity contribution < 1.29 is 14.6 Å². The minimum Gasteiger partial charge on any atom is -0.492 e. The Hall–Kier alpha value is -3.62. The molecule has 5 rings (SSSR count). The van der Waals surface area contributed by atoms with Crippen molar-refractivity contribution in [1.82, 2.24) is 19.4 Å². The molecule has 0 bridgehead atoms. The number of aromatic carboxylic acids is 1. The van der Waals surface area contributed by atoms with Crippen LogP contribution in [-0.2, 0) is 19.9 Å².